The van der Waals surface area contributed by atoms with Crippen molar-refractivity contribution in [2.75, 3.05) is 7.05 Å². The molecule has 1 atom stereocenters. The average molecular weight is 281 g/mol. The van der Waals surface area contributed by atoms with Gasteiger partial charge in [-0.2, -0.15) is 13.9 Å². The van der Waals surface area contributed by atoms with E-state index in [9.17, 15) is 8.78 Å². The van der Waals surface area contributed by atoms with Crippen molar-refractivity contribution < 1.29 is 13.5 Å². The second kappa shape index (κ2) is 6.47. The van der Waals surface area contributed by atoms with Gasteiger partial charge in [-0.1, -0.05) is 12.1 Å². The minimum atomic E-state index is -2.80. The number of benzene rings is 1. The standard InChI is InChI=1S/C14H17F2N3O/c1-3-19-12(8-9-18-19)13(17-2)10-4-6-11(7-5-10)20-14(15)16/h4-9,13-14,17H,3H2,1-2H3. The molecule has 4 nitrogen and oxygen atoms in total. The van der Waals surface area contributed by atoms with Crippen molar-refractivity contribution in [2.24, 2.45) is 0 Å². The first-order valence-electron chi connectivity index (χ1n) is 6.39. The van der Waals surface area contributed by atoms with Crippen LogP contribution in [0.15, 0.2) is 36.5 Å². The van der Waals surface area contributed by atoms with E-state index in [1.54, 1.807) is 30.5 Å². The number of hydrogen-bond acceptors (Lipinski definition) is 3. The molecular weight excluding hydrogens is 264 g/mol. The fourth-order valence-corrected chi connectivity index (χ4v) is 2.18. The van der Waals surface area contributed by atoms with Gasteiger partial charge in [0.1, 0.15) is 5.75 Å². The monoisotopic (exact) mass is 281 g/mol. The molecule has 0 amide bonds. The molecule has 1 heterocycles. The first-order chi connectivity index (χ1) is 9.65. The SMILES string of the molecule is CCn1nccc1C(NC)c1ccc(OC(F)F)cc1. The Kier molecular flexibility index (Phi) is 4.68. The topological polar surface area (TPSA) is 39.1 Å². The van der Waals surface area contributed by atoms with Gasteiger partial charge in [-0.3, -0.25) is 4.68 Å². The fourth-order valence-electron chi connectivity index (χ4n) is 2.18. The third-order valence-electron chi connectivity index (χ3n) is 3.07. The van der Waals surface area contributed by atoms with Crippen LogP contribution in [0.2, 0.25) is 0 Å². The summed E-state index contributed by atoms with van der Waals surface area (Å²) in [6, 6.07) is 8.52. The zero-order chi connectivity index (χ0) is 14.5. The molecule has 0 radical (unpaired) electrons. The zero-order valence-electron chi connectivity index (χ0n) is 11.4. The molecule has 0 aliphatic heterocycles. The van der Waals surface area contributed by atoms with Crippen LogP contribution in [0.4, 0.5) is 8.78 Å². The van der Waals surface area contributed by atoms with Crippen LogP contribution in [0.25, 0.3) is 0 Å². The lowest BCUT2D eigenvalue weighted by Crippen LogP contribution is -2.21. The van der Waals surface area contributed by atoms with Crippen molar-refractivity contribution >= 4 is 0 Å². The molecule has 6 heteroatoms. The summed E-state index contributed by atoms with van der Waals surface area (Å²) in [7, 11) is 1.85. The Morgan fingerprint density at radius 1 is 1.25 bits per heavy atom. The maximum atomic E-state index is 12.1. The summed E-state index contributed by atoms with van der Waals surface area (Å²) in [6.45, 7) is -0.0157. The highest BCUT2D eigenvalue weighted by molar-refractivity contribution is 5.33. The van der Waals surface area contributed by atoms with Crippen LogP contribution in [-0.4, -0.2) is 23.4 Å². The van der Waals surface area contributed by atoms with Crippen molar-refractivity contribution in [1.82, 2.24) is 15.1 Å². The average Bonchev–Trinajstić information content (AvgIpc) is 2.89. The third kappa shape index (κ3) is 3.14. The van der Waals surface area contributed by atoms with E-state index in [4.69, 9.17) is 0 Å². The summed E-state index contributed by atoms with van der Waals surface area (Å²) in [5.41, 5.74) is 1.99. The predicted molar refractivity (Wildman–Crippen MR) is 71.9 cm³/mol. The second-order valence-corrected chi connectivity index (χ2v) is 4.24. The van der Waals surface area contributed by atoms with E-state index in [-0.39, 0.29) is 11.8 Å². The van der Waals surface area contributed by atoms with Gasteiger partial charge in [-0.15, -0.1) is 0 Å². The number of aromatic nitrogens is 2. The molecule has 1 N–H and O–H groups in total. The van der Waals surface area contributed by atoms with E-state index in [0.29, 0.717) is 0 Å². The first-order valence-corrected chi connectivity index (χ1v) is 6.39. The smallest absolute Gasteiger partial charge is 0.387 e. The van der Waals surface area contributed by atoms with Crippen LogP contribution in [0, 0.1) is 0 Å². The minimum absolute atomic E-state index is 0.0435. The van der Waals surface area contributed by atoms with Gasteiger partial charge in [0.15, 0.2) is 0 Å². The second-order valence-electron chi connectivity index (χ2n) is 4.24. The van der Waals surface area contributed by atoms with Crippen LogP contribution in [0.1, 0.15) is 24.2 Å². The lowest BCUT2D eigenvalue weighted by atomic mass is 10.0. The van der Waals surface area contributed by atoms with Crippen LogP contribution in [0.3, 0.4) is 0 Å². The Morgan fingerprint density at radius 2 is 1.95 bits per heavy atom. The highest BCUT2D eigenvalue weighted by atomic mass is 19.3. The Morgan fingerprint density at radius 3 is 2.50 bits per heavy atom. The van der Waals surface area contributed by atoms with E-state index < -0.39 is 6.61 Å². The maximum absolute atomic E-state index is 12.1. The van der Waals surface area contributed by atoms with Crippen molar-refractivity contribution in [3.8, 4) is 5.75 Å². The Bertz CT molecular complexity index is 540. The molecule has 20 heavy (non-hydrogen) atoms. The van der Waals surface area contributed by atoms with E-state index in [0.717, 1.165) is 17.8 Å². The summed E-state index contributed by atoms with van der Waals surface area (Å²) < 4.78 is 30.5. The Balaban J connectivity index is 2.24. The number of halogens is 2. The number of ether oxygens (including phenoxy) is 1. The molecule has 0 aliphatic carbocycles. The first kappa shape index (κ1) is 14.5. The van der Waals surface area contributed by atoms with Gasteiger partial charge >= 0.3 is 6.61 Å². The largest absolute Gasteiger partial charge is 0.435 e. The predicted octanol–water partition coefficient (Wildman–Crippen LogP) is 2.81. The highest BCUT2D eigenvalue weighted by Crippen LogP contribution is 2.24. The Labute approximate surface area is 116 Å². The van der Waals surface area contributed by atoms with Gasteiger partial charge in [0.25, 0.3) is 0 Å². The summed E-state index contributed by atoms with van der Waals surface area (Å²) in [5, 5.41) is 7.44. The van der Waals surface area contributed by atoms with Gasteiger partial charge in [0, 0.05) is 12.7 Å². The summed E-state index contributed by atoms with van der Waals surface area (Å²) in [5.74, 6) is 0.155. The molecule has 0 spiro atoms. The number of alkyl halides is 2. The number of aryl methyl sites for hydroxylation is 1. The molecule has 2 aromatic rings. The van der Waals surface area contributed by atoms with Gasteiger partial charge in [-0.25, -0.2) is 0 Å². The summed E-state index contributed by atoms with van der Waals surface area (Å²) >= 11 is 0. The minimum Gasteiger partial charge on any atom is -0.435 e. The molecule has 1 unspecified atom stereocenters. The van der Waals surface area contributed by atoms with E-state index in [1.165, 1.54) is 0 Å². The van der Waals surface area contributed by atoms with Crippen LogP contribution >= 0.6 is 0 Å². The summed E-state index contributed by atoms with van der Waals surface area (Å²) in [4.78, 5) is 0. The zero-order valence-corrected chi connectivity index (χ0v) is 11.4. The number of nitrogens with one attached hydrogen (secondary N) is 1. The molecule has 108 valence electrons. The van der Waals surface area contributed by atoms with Crippen LogP contribution in [-0.2, 0) is 6.54 Å². The fraction of sp³-hybridized carbons (Fsp3) is 0.357. The molecule has 1 aromatic carbocycles. The van der Waals surface area contributed by atoms with Crippen LogP contribution in [0.5, 0.6) is 5.75 Å². The van der Waals surface area contributed by atoms with Gasteiger partial charge in [0.2, 0.25) is 0 Å². The van der Waals surface area contributed by atoms with Crippen molar-refractivity contribution in [1.29, 1.82) is 0 Å². The molecule has 0 saturated carbocycles. The molecular formula is C14H17F2N3O. The van der Waals surface area contributed by atoms with Crippen molar-refractivity contribution in [3.05, 3.63) is 47.8 Å². The molecule has 2 rings (SSSR count). The number of hydrogen-bond donors (Lipinski definition) is 1. The van der Waals surface area contributed by atoms with Gasteiger partial charge in [-0.05, 0) is 37.7 Å². The van der Waals surface area contributed by atoms with E-state index in [1.807, 2.05) is 24.7 Å². The Hall–Kier alpha value is -1.95. The molecule has 0 fully saturated rings. The molecule has 0 bridgehead atoms. The quantitative estimate of drug-likeness (QED) is 0.885. The molecule has 1 aromatic heterocycles. The lowest BCUT2D eigenvalue weighted by Gasteiger charge is -2.18. The number of nitrogens with zero attached hydrogens (tertiary/aromatic N) is 2. The van der Waals surface area contributed by atoms with Crippen molar-refractivity contribution in [3.63, 3.8) is 0 Å². The summed E-state index contributed by atoms with van der Waals surface area (Å²) in [6.07, 6.45) is 1.75. The van der Waals surface area contributed by atoms with Crippen molar-refractivity contribution in [2.45, 2.75) is 26.1 Å². The third-order valence-corrected chi connectivity index (χ3v) is 3.07. The van der Waals surface area contributed by atoms with E-state index >= 15 is 0 Å². The number of rotatable bonds is 6. The lowest BCUT2D eigenvalue weighted by molar-refractivity contribution is -0.0498. The normalized spacial score (nSPS) is 12.7. The van der Waals surface area contributed by atoms with Crippen LogP contribution < -0.4 is 10.1 Å². The molecule has 0 aliphatic rings. The highest BCUT2D eigenvalue weighted by Gasteiger charge is 2.16. The van der Waals surface area contributed by atoms with Gasteiger partial charge in [0.05, 0.1) is 11.7 Å². The maximum Gasteiger partial charge on any atom is 0.387 e. The molecule has 0 saturated heterocycles. The van der Waals surface area contributed by atoms with E-state index in [2.05, 4.69) is 15.2 Å². The van der Waals surface area contributed by atoms with Gasteiger partial charge < -0.3 is 10.1 Å².